The summed E-state index contributed by atoms with van der Waals surface area (Å²) in [6.07, 6.45) is 0. The van der Waals surface area contributed by atoms with Crippen LogP contribution in [0.4, 0.5) is 0 Å². The fraction of sp³-hybridized carbons (Fsp3) is 0.0714. The summed E-state index contributed by atoms with van der Waals surface area (Å²) in [5, 5.41) is 9.25. The molecule has 2 heterocycles. The summed E-state index contributed by atoms with van der Waals surface area (Å²) < 4.78 is 5.50. The predicted molar refractivity (Wildman–Crippen MR) is 70.2 cm³/mol. The Morgan fingerprint density at radius 1 is 1.33 bits per heavy atom. The third-order valence-electron chi connectivity index (χ3n) is 2.98. The molecule has 3 rings (SSSR count). The van der Waals surface area contributed by atoms with Crippen LogP contribution in [0.2, 0.25) is 0 Å². The van der Waals surface area contributed by atoms with Crippen molar-refractivity contribution in [1.82, 2.24) is 0 Å². The number of nitrogens with two attached hydrogens (primary N) is 1. The van der Waals surface area contributed by atoms with Gasteiger partial charge < -0.3 is 15.3 Å². The molecule has 0 amide bonds. The van der Waals surface area contributed by atoms with E-state index in [9.17, 15) is 5.11 Å². The van der Waals surface area contributed by atoms with Crippen LogP contribution in [0, 0.1) is 0 Å². The van der Waals surface area contributed by atoms with Gasteiger partial charge in [0.2, 0.25) is 0 Å². The van der Waals surface area contributed by atoms with E-state index in [0.717, 1.165) is 16.7 Å². The Bertz CT molecular complexity index is 668. The number of amidine groups is 1. The van der Waals surface area contributed by atoms with Crippen molar-refractivity contribution in [3.63, 3.8) is 0 Å². The van der Waals surface area contributed by atoms with E-state index in [2.05, 4.69) is 11.6 Å². The Kier molecular flexibility index (Phi) is 2.23. The third-order valence-corrected chi connectivity index (χ3v) is 2.98. The van der Waals surface area contributed by atoms with Gasteiger partial charge in [-0.1, -0.05) is 18.7 Å². The van der Waals surface area contributed by atoms with E-state index >= 15 is 0 Å². The second-order valence-electron chi connectivity index (χ2n) is 4.18. The fourth-order valence-electron chi connectivity index (χ4n) is 2.01. The smallest absolute Gasteiger partial charge is 0.168 e. The van der Waals surface area contributed by atoms with Crippen molar-refractivity contribution in [2.45, 2.75) is 6.54 Å². The van der Waals surface area contributed by atoms with Crippen LogP contribution in [-0.2, 0) is 6.54 Å². The van der Waals surface area contributed by atoms with Gasteiger partial charge in [-0.15, -0.1) is 0 Å². The zero-order valence-corrected chi connectivity index (χ0v) is 9.68. The van der Waals surface area contributed by atoms with E-state index < -0.39 is 0 Å². The van der Waals surface area contributed by atoms with Gasteiger partial charge in [0.25, 0.3) is 0 Å². The highest BCUT2D eigenvalue weighted by Crippen LogP contribution is 2.28. The van der Waals surface area contributed by atoms with Gasteiger partial charge >= 0.3 is 0 Å². The minimum atomic E-state index is -0.0801. The van der Waals surface area contributed by atoms with E-state index in [1.165, 1.54) is 0 Å². The summed E-state index contributed by atoms with van der Waals surface area (Å²) in [4.78, 5) is 4.18. The van der Waals surface area contributed by atoms with Crippen LogP contribution in [0.3, 0.4) is 0 Å². The Balaban J connectivity index is 2.04. The van der Waals surface area contributed by atoms with Crippen LogP contribution in [0.25, 0.3) is 17.1 Å². The summed E-state index contributed by atoms with van der Waals surface area (Å²) in [5.41, 5.74) is 8.79. The number of aliphatic hydroxyl groups is 1. The lowest BCUT2D eigenvalue weighted by molar-refractivity contribution is 0.465. The first kappa shape index (κ1) is 10.7. The van der Waals surface area contributed by atoms with E-state index in [1.54, 1.807) is 12.1 Å². The lowest BCUT2D eigenvalue weighted by Crippen LogP contribution is -2.10. The molecule has 0 saturated carbocycles. The molecule has 0 radical (unpaired) electrons. The molecule has 1 aliphatic heterocycles. The van der Waals surface area contributed by atoms with Crippen molar-refractivity contribution < 1.29 is 9.52 Å². The Morgan fingerprint density at radius 3 is 2.89 bits per heavy atom. The average molecular weight is 240 g/mol. The molecule has 4 nitrogen and oxygen atoms in total. The van der Waals surface area contributed by atoms with E-state index in [0.29, 0.717) is 23.9 Å². The highest BCUT2D eigenvalue weighted by atomic mass is 16.4. The van der Waals surface area contributed by atoms with Crippen LogP contribution in [0.5, 0.6) is 0 Å². The first-order valence-electron chi connectivity index (χ1n) is 5.57. The maximum atomic E-state index is 9.25. The first-order chi connectivity index (χ1) is 8.65. The largest absolute Gasteiger partial charge is 0.505 e. The quantitative estimate of drug-likeness (QED) is 0.793. The average Bonchev–Trinajstić information content (AvgIpc) is 2.96. The summed E-state index contributed by atoms with van der Waals surface area (Å²) >= 11 is 0. The Morgan fingerprint density at radius 2 is 2.17 bits per heavy atom. The molecule has 0 saturated heterocycles. The van der Waals surface area contributed by atoms with Crippen molar-refractivity contribution in [3.8, 4) is 11.3 Å². The molecule has 4 heteroatoms. The van der Waals surface area contributed by atoms with E-state index in [4.69, 9.17) is 10.2 Å². The number of nitrogens with zero attached hydrogens (tertiary/aromatic N) is 1. The minimum Gasteiger partial charge on any atom is -0.505 e. The molecule has 1 aromatic heterocycles. The molecular weight excluding hydrogens is 228 g/mol. The van der Waals surface area contributed by atoms with Crippen LogP contribution >= 0.6 is 0 Å². The fourth-order valence-corrected chi connectivity index (χ4v) is 2.01. The highest BCUT2D eigenvalue weighted by Gasteiger charge is 2.15. The van der Waals surface area contributed by atoms with Gasteiger partial charge in [-0.3, -0.25) is 4.99 Å². The lowest BCUT2D eigenvalue weighted by atomic mass is 10.0. The first-order valence-corrected chi connectivity index (χ1v) is 5.57. The molecular formula is C14H12N2O2. The maximum absolute atomic E-state index is 9.25. The number of rotatable bonds is 2. The van der Waals surface area contributed by atoms with Crippen molar-refractivity contribution in [1.29, 1.82) is 0 Å². The van der Waals surface area contributed by atoms with Gasteiger partial charge in [-0.05, 0) is 23.8 Å². The zero-order chi connectivity index (χ0) is 12.7. The topological polar surface area (TPSA) is 71.8 Å². The van der Waals surface area contributed by atoms with Crippen molar-refractivity contribution in [2.75, 3.05) is 0 Å². The van der Waals surface area contributed by atoms with Crippen molar-refractivity contribution >= 4 is 11.6 Å². The molecule has 90 valence electrons. The molecule has 3 N–H and O–H groups in total. The lowest BCUT2D eigenvalue weighted by Gasteiger charge is -2.02. The number of hydrogen-bond donors (Lipinski definition) is 2. The van der Waals surface area contributed by atoms with Crippen LogP contribution < -0.4 is 5.73 Å². The van der Waals surface area contributed by atoms with Gasteiger partial charge in [0.05, 0.1) is 6.54 Å². The molecule has 0 bridgehead atoms. The zero-order valence-electron chi connectivity index (χ0n) is 9.68. The summed E-state index contributed by atoms with van der Waals surface area (Å²) in [6, 6.07) is 9.37. The molecule has 0 atom stereocenters. The number of furan rings is 1. The third kappa shape index (κ3) is 1.59. The summed E-state index contributed by atoms with van der Waals surface area (Å²) in [7, 11) is 0. The van der Waals surface area contributed by atoms with E-state index in [1.807, 2.05) is 18.2 Å². The van der Waals surface area contributed by atoms with Crippen molar-refractivity contribution in [2.24, 2.45) is 10.7 Å². The molecule has 0 spiro atoms. The number of aliphatic hydroxyl groups excluding tert-OH is 1. The second-order valence-corrected chi connectivity index (χ2v) is 4.18. The molecule has 1 aliphatic rings. The molecule has 0 unspecified atom stereocenters. The number of fused-ring (bicyclic) bond motifs is 1. The SMILES string of the molecule is C=C(O)c1ccc(-c2ccc3c(c2)C(N)=NC3)o1. The normalized spacial score (nSPS) is 13.2. The maximum Gasteiger partial charge on any atom is 0.168 e. The molecule has 0 fully saturated rings. The summed E-state index contributed by atoms with van der Waals surface area (Å²) in [5.74, 6) is 1.52. The van der Waals surface area contributed by atoms with Crippen molar-refractivity contribution in [3.05, 3.63) is 53.8 Å². The number of benzene rings is 1. The molecule has 18 heavy (non-hydrogen) atoms. The molecule has 0 aliphatic carbocycles. The summed E-state index contributed by atoms with van der Waals surface area (Å²) in [6.45, 7) is 4.06. The minimum absolute atomic E-state index is 0.0801. The molecule has 2 aromatic rings. The van der Waals surface area contributed by atoms with Gasteiger partial charge in [0.1, 0.15) is 11.6 Å². The number of hydrogen-bond acceptors (Lipinski definition) is 4. The molecule has 1 aromatic carbocycles. The highest BCUT2D eigenvalue weighted by molar-refractivity contribution is 6.01. The van der Waals surface area contributed by atoms with Gasteiger partial charge in [-0.25, -0.2) is 0 Å². The standard InChI is InChI=1S/C14H12N2O2/c1-8(17)12-4-5-13(18-12)9-2-3-10-7-16-14(15)11(10)6-9/h2-6,17H,1,7H2,(H2,15,16). The van der Waals surface area contributed by atoms with Crippen LogP contribution in [-0.4, -0.2) is 10.9 Å². The van der Waals surface area contributed by atoms with Gasteiger partial charge in [-0.2, -0.15) is 0 Å². The second kappa shape index (κ2) is 3.77. The Labute approximate surface area is 104 Å². The monoisotopic (exact) mass is 240 g/mol. The number of aliphatic imine (C=N–C) groups is 1. The van der Waals surface area contributed by atoms with Gasteiger partial charge in [0, 0.05) is 11.1 Å². The van der Waals surface area contributed by atoms with Crippen LogP contribution in [0.1, 0.15) is 16.9 Å². The predicted octanol–water partition coefficient (Wildman–Crippen LogP) is 2.69. The Hall–Kier alpha value is -2.49. The van der Waals surface area contributed by atoms with Gasteiger partial charge in [0.15, 0.2) is 11.5 Å². The van der Waals surface area contributed by atoms with E-state index in [-0.39, 0.29) is 5.76 Å². The van der Waals surface area contributed by atoms with Crippen LogP contribution in [0.15, 0.2) is 46.3 Å².